The number of benzene rings is 1. The Morgan fingerprint density at radius 2 is 1.86 bits per heavy atom. The third-order valence-corrected chi connectivity index (χ3v) is 3.84. The molecule has 1 amide bonds. The Labute approximate surface area is 127 Å². The first-order valence-corrected chi connectivity index (χ1v) is 7.20. The van der Waals surface area contributed by atoms with E-state index in [1.165, 1.54) is 0 Å². The zero-order valence-electron chi connectivity index (χ0n) is 12.8. The highest BCUT2D eigenvalue weighted by atomic mass is 16.2. The number of carbonyl (C=O) groups excluding carboxylic acids is 1. The molecule has 0 fully saturated rings. The Morgan fingerprint density at radius 3 is 2.50 bits per heavy atom. The molecule has 0 radical (unpaired) electrons. The molecule has 114 valence electrons. The van der Waals surface area contributed by atoms with Crippen LogP contribution in [-0.2, 0) is 6.54 Å². The summed E-state index contributed by atoms with van der Waals surface area (Å²) in [6, 6.07) is 9.09. The molecule has 0 spiro atoms. The SMILES string of the molecule is CCn1c(=O)[nH]c2ccc(C(=O)Nn3c(C)ccc3C)cc21. The van der Waals surface area contributed by atoms with Gasteiger partial charge in [0, 0.05) is 23.5 Å². The molecule has 3 rings (SSSR count). The third kappa shape index (κ3) is 2.22. The van der Waals surface area contributed by atoms with Crippen LogP contribution in [0.5, 0.6) is 0 Å². The van der Waals surface area contributed by atoms with Gasteiger partial charge in [0.15, 0.2) is 0 Å². The highest BCUT2D eigenvalue weighted by Gasteiger charge is 2.12. The van der Waals surface area contributed by atoms with Crippen molar-refractivity contribution in [3.8, 4) is 0 Å². The molecule has 6 heteroatoms. The number of aromatic nitrogens is 3. The van der Waals surface area contributed by atoms with Gasteiger partial charge in [0.25, 0.3) is 5.91 Å². The fourth-order valence-corrected chi connectivity index (χ4v) is 2.62. The van der Waals surface area contributed by atoms with Gasteiger partial charge in [-0.3, -0.25) is 19.5 Å². The monoisotopic (exact) mass is 298 g/mol. The summed E-state index contributed by atoms with van der Waals surface area (Å²) in [5.74, 6) is -0.208. The number of hydrogen-bond donors (Lipinski definition) is 2. The van der Waals surface area contributed by atoms with Crippen molar-refractivity contribution < 1.29 is 4.79 Å². The Hall–Kier alpha value is -2.76. The number of fused-ring (bicyclic) bond motifs is 1. The first-order valence-electron chi connectivity index (χ1n) is 7.20. The number of imidazole rings is 1. The van der Waals surface area contributed by atoms with Gasteiger partial charge >= 0.3 is 5.69 Å². The third-order valence-electron chi connectivity index (χ3n) is 3.84. The standard InChI is InChI=1S/C16H18N4O2/c1-4-19-14-9-12(7-8-13(14)17-16(19)22)15(21)18-20-10(2)5-6-11(20)3/h5-9H,4H2,1-3H3,(H,17,22)(H,18,21). The van der Waals surface area contributed by atoms with Crippen molar-refractivity contribution in [2.24, 2.45) is 0 Å². The molecule has 0 aliphatic rings. The van der Waals surface area contributed by atoms with Crippen LogP contribution in [0.25, 0.3) is 11.0 Å². The van der Waals surface area contributed by atoms with Gasteiger partial charge in [-0.05, 0) is 51.1 Å². The Bertz CT molecular complexity index is 895. The number of H-pyrrole nitrogens is 1. The van der Waals surface area contributed by atoms with Crippen LogP contribution in [0, 0.1) is 13.8 Å². The zero-order valence-corrected chi connectivity index (χ0v) is 12.8. The van der Waals surface area contributed by atoms with Crippen LogP contribution in [-0.4, -0.2) is 20.1 Å². The molecule has 2 aromatic heterocycles. The molecule has 0 atom stereocenters. The van der Waals surface area contributed by atoms with Gasteiger partial charge in [0.1, 0.15) is 0 Å². The van der Waals surface area contributed by atoms with Gasteiger partial charge in [-0.15, -0.1) is 0 Å². The van der Waals surface area contributed by atoms with E-state index in [1.807, 2.05) is 32.9 Å². The first kappa shape index (κ1) is 14.2. The first-order chi connectivity index (χ1) is 10.5. The zero-order chi connectivity index (χ0) is 15.9. The van der Waals surface area contributed by atoms with Crippen molar-refractivity contribution >= 4 is 16.9 Å². The van der Waals surface area contributed by atoms with Gasteiger partial charge in [-0.25, -0.2) is 4.79 Å². The van der Waals surface area contributed by atoms with Gasteiger partial charge in [-0.1, -0.05) is 0 Å². The van der Waals surface area contributed by atoms with E-state index in [0.29, 0.717) is 12.1 Å². The smallest absolute Gasteiger partial charge is 0.306 e. The van der Waals surface area contributed by atoms with Crippen LogP contribution in [0.1, 0.15) is 28.7 Å². The molecule has 3 aromatic rings. The molecule has 0 bridgehead atoms. The predicted molar refractivity (Wildman–Crippen MR) is 85.8 cm³/mol. The summed E-state index contributed by atoms with van der Waals surface area (Å²) in [4.78, 5) is 27.0. The number of hydrogen-bond acceptors (Lipinski definition) is 2. The molecule has 2 heterocycles. The molecule has 6 nitrogen and oxygen atoms in total. The minimum absolute atomic E-state index is 0.160. The average Bonchev–Trinajstić information content (AvgIpc) is 2.98. The normalized spacial score (nSPS) is 11.0. The van der Waals surface area contributed by atoms with E-state index in [1.54, 1.807) is 27.4 Å². The summed E-state index contributed by atoms with van der Waals surface area (Å²) >= 11 is 0. The number of rotatable bonds is 3. The van der Waals surface area contributed by atoms with E-state index in [-0.39, 0.29) is 11.6 Å². The molecule has 22 heavy (non-hydrogen) atoms. The summed E-state index contributed by atoms with van der Waals surface area (Å²) in [6.07, 6.45) is 0. The number of nitrogens with zero attached hydrogens (tertiary/aromatic N) is 2. The van der Waals surface area contributed by atoms with Crippen LogP contribution in [0.2, 0.25) is 0 Å². The van der Waals surface area contributed by atoms with Crippen LogP contribution < -0.4 is 11.1 Å². The fourth-order valence-electron chi connectivity index (χ4n) is 2.62. The Kier molecular flexibility index (Phi) is 3.36. The Morgan fingerprint density at radius 1 is 1.18 bits per heavy atom. The summed E-state index contributed by atoms with van der Waals surface area (Å²) in [6.45, 7) is 6.31. The Balaban J connectivity index is 1.99. The van der Waals surface area contributed by atoms with Crippen molar-refractivity contribution in [1.29, 1.82) is 0 Å². The van der Waals surface area contributed by atoms with Crippen molar-refractivity contribution in [3.63, 3.8) is 0 Å². The quantitative estimate of drug-likeness (QED) is 0.777. The summed E-state index contributed by atoms with van der Waals surface area (Å²) in [5.41, 5.74) is 6.60. The van der Waals surface area contributed by atoms with E-state index in [0.717, 1.165) is 22.4 Å². The van der Waals surface area contributed by atoms with Crippen molar-refractivity contribution in [1.82, 2.24) is 14.2 Å². The molecule has 0 aliphatic heterocycles. The number of aromatic amines is 1. The lowest BCUT2D eigenvalue weighted by Gasteiger charge is -2.11. The van der Waals surface area contributed by atoms with E-state index in [2.05, 4.69) is 10.4 Å². The molecule has 0 aliphatic carbocycles. The van der Waals surface area contributed by atoms with E-state index >= 15 is 0 Å². The maximum atomic E-state index is 12.4. The lowest BCUT2D eigenvalue weighted by molar-refractivity contribution is 0.101. The second kappa shape index (κ2) is 5.22. The topological polar surface area (TPSA) is 71.8 Å². The van der Waals surface area contributed by atoms with E-state index in [9.17, 15) is 9.59 Å². The molecule has 0 unspecified atom stereocenters. The number of amides is 1. The number of nitrogens with one attached hydrogen (secondary N) is 2. The van der Waals surface area contributed by atoms with Crippen molar-refractivity contribution in [2.75, 3.05) is 5.43 Å². The van der Waals surface area contributed by atoms with Gasteiger partial charge < -0.3 is 4.98 Å². The molecule has 0 saturated heterocycles. The summed E-state index contributed by atoms with van der Waals surface area (Å²) in [7, 11) is 0. The lowest BCUT2D eigenvalue weighted by atomic mass is 10.2. The van der Waals surface area contributed by atoms with Gasteiger partial charge in [0.2, 0.25) is 0 Å². The highest BCUT2D eigenvalue weighted by Crippen LogP contribution is 2.14. The van der Waals surface area contributed by atoms with Crippen LogP contribution in [0.15, 0.2) is 35.1 Å². The van der Waals surface area contributed by atoms with Crippen LogP contribution >= 0.6 is 0 Å². The van der Waals surface area contributed by atoms with Crippen molar-refractivity contribution in [2.45, 2.75) is 27.3 Å². The summed E-state index contributed by atoms with van der Waals surface area (Å²) < 4.78 is 3.36. The number of carbonyl (C=O) groups is 1. The average molecular weight is 298 g/mol. The predicted octanol–water partition coefficient (Wildman–Crippen LogP) is 2.15. The molecule has 0 saturated carbocycles. The van der Waals surface area contributed by atoms with Crippen LogP contribution in [0.4, 0.5) is 0 Å². The minimum atomic E-state index is -0.208. The maximum absolute atomic E-state index is 12.4. The maximum Gasteiger partial charge on any atom is 0.326 e. The van der Waals surface area contributed by atoms with Crippen molar-refractivity contribution in [3.05, 3.63) is 57.8 Å². The fraction of sp³-hybridized carbons (Fsp3) is 0.250. The van der Waals surface area contributed by atoms with E-state index < -0.39 is 0 Å². The molecule has 1 aromatic carbocycles. The lowest BCUT2D eigenvalue weighted by Crippen LogP contribution is -2.24. The largest absolute Gasteiger partial charge is 0.326 e. The van der Waals surface area contributed by atoms with E-state index in [4.69, 9.17) is 0 Å². The number of aryl methyl sites for hydroxylation is 3. The van der Waals surface area contributed by atoms with Gasteiger partial charge in [0.05, 0.1) is 11.0 Å². The summed E-state index contributed by atoms with van der Waals surface area (Å²) in [5, 5.41) is 0. The molecule has 2 N–H and O–H groups in total. The second-order valence-corrected chi connectivity index (χ2v) is 5.30. The van der Waals surface area contributed by atoms with Gasteiger partial charge in [-0.2, -0.15) is 0 Å². The van der Waals surface area contributed by atoms with Crippen LogP contribution in [0.3, 0.4) is 0 Å². The second-order valence-electron chi connectivity index (χ2n) is 5.30. The molecular weight excluding hydrogens is 280 g/mol. The highest BCUT2D eigenvalue weighted by molar-refractivity contribution is 6.02. The molecular formula is C16H18N4O2. The minimum Gasteiger partial charge on any atom is -0.306 e.